The molecule has 0 aliphatic carbocycles. The average Bonchev–Trinajstić information content (AvgIpc) is 2.84. The van der Waals surface area contributed by atoms with Gasteiger partial charge in [0.2, 0.25) is 5.95 Å². The predicted octanol–water partition coefficient (Wildman–Crippen LogP) is 1.11. The zero-order chi connectivity index (χ0) is 15.0. The number of rotatable bonds is 3. The van der Waals surface area contributed by atoms with E-state index in [2.05, 4.69) is 14.9 Å². The molecule has 1 aliphatic heterocycles. The Balaban J connectivity index is 1.86. The maximum Gasteiger partial charge on any atom is 0.269 e. The van der Waals surface area contributed by atoms with E-state index in [4.69, 9.17) is 11.5 Å². The number of nitrogen functional groups attached to an aromatic ring is 2. The molecule has 3 rings (SSSR count). The third-order valence-corrected chi connectivity index (χ3v) is 3.54. The maximum atomic E-state index is 10.8. The monoisotopic (exact) mass is 286 g/mol. The summed E-state index contributed by atoms with van der Waals surface area (Å²) in [4.78, 5) is 20.4. The number of hydrogen-bond donors (Lipinski definition) is 2. The quantitative estimate of drug-likeness (QED) is 0.639. The van der Waals surface area contributed by atoms with Gasteiger partial charge in [-0.3, -0.25) is 10.1 Å². The first-order chi connectivity index (χ1) is 10.0. The Morgan fingerprint density at radius 3 is 2.90 bits per heavy atom. The lowest BCUT2D eigenvalue weighted by atomic mass is 10.1. The van der Waals surface area contributed by atoms with Gasteiger partial charge in [-0.05, 0) is 18.1 Å². The van der Waals surface area contributed by atoms with Crippen LogP contribution in [0.1, 0.15) is 11.1 Å². The molecule has 8 heteroatoms. The van der Waals surface area contributed by atoms with Gasteiger partial charge in [-0.1, -0.05) is 0 Å². The van der Waals surface area contributed by atoms with Crippen LogP contribution in [0.15, 0.2) is 24.4 Å². The average molecular weight is 286 g/mol. The van der Waals surface area contributed by atoms with E-state index in [1.807, 2.05) is 0 Å². The summed E-state index contributed by atoms with van der Waals surface area (Å²) in [5, 5.41) is 10.8. The van der Waals surface area contributed by atoms with Crippen molar-refractivity contribution in [2.24, 2.45) is 0 Å². The zero-order valence-electron chi connectivity index (χ0n) is 11.2. The standard InChI is InChI=1S/C13H14N6O2/c14-12-9(6-16-13(15)17-12)7-18-4-3-8-5-10(19(20)21)1-2-11(8)18/h1-2,5-6H,3-4,7H2,(H4,14,15,16,17). The number of hydrogen-bond acceptors (Lipinski definition) is 7. The van der Waals surface area contributed by atoms with Crippen LogP contribution in [0.25, 0.3) is 0 Å². The molecule has 4 N–H and O–H groups in total. The van der Waals surface area contributed by atoms with Crippen molar-refractivity contribution in [3.05, 3.63) is 45.6 Å². The highest BCUT2D eigenvalue weighted by atomic mass is 16.6. The SMILES string of the molecule is Nc1ncc(CN2CCc3cc([N+](=O)[O-])ccc32)c(N)n1. The summed E-state index contributed by atoms with van der Waals surface area (Å²) < 4.78 is 0. The van der Waals surface area contributed by atoms with E-state index in [-0.39, 0.29) is 16.6 Å². The minimum atomic E-state index is -0.380. The Bertz CT molecular complexity index is 718. The van der Waals surface area contributed by atoms with E-state index < -0.39 is 0 Å². The van der Waals surface area contributed by atoms with Gasteiger partial charge in [-0.15, -0.1) is 0 Å². The Kier molecular flexibility index (Phi) is 3.05. The van der Waals surface area contributed by atoms with Crippen molar-refractivity contribution in [2.75, 3.05) is 22.9 Å². The minimum Gasteiger partial charge on any atom is -0.383 e. The van der Waals surface area contributed by atoms with Crippen LogP contribution >= 0.6 is 0 Å². The first-order valence-electron chi connectivity index (χ1n) is 6.44. The molecule has 0 saturated carbocycles. The lowest BCUT2D eigenvalue weighted by molar-refractivity contribution is -0.384. The van der Waals surface area contributed by atoms with E-state index in [9.17, 15) is 10.1 Å². The van der Waals surface area contributed by atoms with Gasteiger partial charge < -0.3 is 16.4 Å². The van der Waals surface area contributed by atoms with Crippen LogP contribution < -0.4 is 16.4 Å². The molecular formula is C13H14N6O2. The molecule has 0 amide bonds. The molecule has 0 unspecified atom stereocenters. The summed E-state index contributed by atoms with van der Waals surface area (Å²) in [7, 11) is 0. The summed E-state index contributed by atoms with van der Waals surface area (Å²) >= 11 is 0. The van der Waals surface area contributed by atoms with Crippen molar-refractivity contribution in [3.63, 3.8) is 0 Å². The molecule has 1 aliphatic rings. The number of nitrogens with zero attached hydrogens (tertiary/aromatic N) is 4. The van der Waals surface area contributed by atoms with Crippen LogP contribution in [0, 0.1) is 10.1 Å². The Morgan fingerprint density at radius 1 is 1.38 bits per heavy atom. The van der Waals surface area contributed by atoms with Crippen LogP contribution in [-0.2, 0) is 13.0 Å². The molecule has 0 bridgehead atoms. The highest BCUT2D eigenvalue weighted by Crippen LogP contribution is 2.32. The summed E-state index contributed by atoms with van der Waals surface area (Å²) in [6.07, 6.45) is 2.38. The lowest BCUT2D eigenvalue weighted by Gasteiger charge is -2.19. The van der Waals surface area contributed by atoms with Gasteiger partial charge in [0.15, 0.2) is 0 Å². The number of nitro benzene ring substituents is 1. The molecule has 0 saturated heterocycles. The van der Waals surface area contributed by atoms with Crippen molar-refractivity contribution in [3.8, 4) is 0 Å². The number of aromatic nitrogens is 2. The first-order valence-corrected chi connectivity index (χ1v) is 6.44. The Hall–Kier alpha value is -2.90. The van der Waals surface area contributed by atoms with Crippen molar-refractivity contribution >= 4 is 23.1 Å². The van der Waals surface area contributed by atoms with E-state index in [0.29, 0.717) is 12.4 Å². The van der Waals surface area contributed by atoms with Gasteiger partial charge in [0.1, 0.15) is 5.82 Å². The van der Waals surface area contributed by atoms with Crippen LogP contribution in [0.2, 0.25) is 0 Å². The molecule has 0 atom stereocenters. The fraction of sp³-hybridized carbons (Fsp3) is 0.231. The molecule has 1 aromatic heterocycles. The summed E-state index contributed by atoms with van der Waals surface area (Å²) in [5.74, 6) is 0.506. The van der Waals surface area contributed by atoms with Crippen LogP contribution in [-0.4, -0.2) is 21.4 Å². The summed E-state index contributed by atoms with van der Waals surface area (Å²) in [5.41, 5.74) is 14.2. The number of non-ortho nitro benzene ring substituents is 1. The minimum absolute atomic E-state index is 0.117. The third-order valence-electron chi connectivity index (χ3n) is 3.54. The number of fused-ring (bicyclic) bond motifs is 1. The van der Waals surface area contributed by atoms with E-state index in [1.165, 1.54) is 6.07 Å². The molecule has 108 valence electrons. The zero-order valence-corrected chi connectivity index (χ0v) is 11.2. The van der Waals surface area contributed by atoms with Gasteiger partial charge in [0.25, 0.3) is 5.69 Å². The van der Waals surface area contributed by atoms with Crippen LogP contribution in [0.4, 0.5) is 23.1 Å². The van der Waals surface area contributed by atoms with Crippen molar-refractivity contribution in [1.82, 2.24) is 9.97 Å². The van der Waals surface area contributed by atoms with E-state index in [0.717, 1.165) is 29.8 Å². The first kappa shape index (κ1) is 13.1. The van der Waals surface area contributed by atoms with Crippen molar-refractivity contribution in [2.45, 2.75) is 13.0 Å². The largest absolute Gasteiger partial charge is 0.383 e. The maximum absolute atomic E-state index is 10.8. The van der Waals surface area contributed by atoms with Crippen molar-refractivity contribution < 1.29 is 4.92 Å². The van der Waals surface area contributed by atoms with Crippen molar-refractivity contribution in [1.29, 1.82) is 0 Å². The smallest absolute Gasteiger partial charge is 0.269 e. The van der Waals surface area contributed by atoms with E-state index >= 15 is 0 Å². The molecule has 21 heavy (non-hydrogen) atoms. The number of benzene rings is 1. The van der Waals surface area contributed by atoms with Crippen LogP contribution in [0.3, 0.4) is 0 Å². The predicted molar refractivity (Wildman–Crippen MR) is 78.7 cm³/mol. The fourth-order valence-corrected chi connectivity index (χ4v) is 2.50. The fourth-order valence-electron chi connectivity index (χ4n) is 2.50. The van der Waals surface area contributed by atoms with E-state index in [1.54, 1.807) is 18.3 Å². The number of anilines is 3. The third kappa shape index (κ3) is 2.42. The summed E-state index contributed by atoms with van der Waals surface area (Å²) in [6.45, 7) is 1.33. The molecule has 8 nitrogen and oxygen atoms in total. The highest BCUT2D eigenvalue weighted by Gasteiger charge is 2.22. The number of nitro groups is 1. The van der Waals surface area contributed by atoms with Gasteiger partial charge in [0.05, 0.1) is 4.92 Å². The Morgan fingerprint density at radius 2 is 2.19 bits per heavy atom. The van der Waals surface area contributed by atoms with Gasteiger partial charge in [0, 0.05) is 42.7 Å². The van der Waals surface area contributed by atoms with Crippen LogP contribution in [0.5, 0.6) is 0 Å². The molecule has 0 fully saturated rings. The topological polar surface area (TPSA) is 124 Å². The molecule has 2 aromatic rings. The van der Waals surface area contributed by atoms with Gasteiger partial charge in [-0.25, -0.2) is 4.98 Å². The second-order valence-corrected chi connectivity index (χ2v) is 4.88. The Labute approximate surface area is 120 Å². The normalized spacial score (nSPS) is 13.2. The van der Waals surface area contributed by atoms with Gasteiger partial charge in [-0.2, -0.15) is 4.98 Å². The molecular weight excluding hydrogens is 272 g/mol. The second-order valence-electron chi connectivity index (χ2n) is 4.88. The molecule has 0 radical (unpaired) electrons. The summed E-state index contributed by atoms with van der Waals surface area (Å²) in [6, 6.07) is 4.91. The molecule has 1 aromatic carbocycles. The van der Waals surface area contributed by atoms with Gasteiger partial charge >= 0.3 is 0 Å². The second kappa shape index (κ2) is 4.89. The molecule has 0 spiro atoms. The highest BCUT2D eigenvalue weighted by molar-refractivity contribution is 5.62. The number of nitrogens with two attached hydrogens (primary N) is 2. The lowest BCUT2D eigenvalue weighted by Crippen LogP contribution is -2.21. The molecule has 2 heterocycles.